The molecule has 1 fully saturated rings. The van der Waals surface area contributed by atoms with Gasteiger partial charge in [-0.15, -0.1) is 0 Å². The summed E-state index contributed by atoms with van der Waals surface area (Å²) in [6, 6.07) is 1.69. The standard InChI is InChI=1S/C13H15F3N2O2/c1-8-4-6-18(7-5-8)11-9(12(19)20)2-3-10(17-11)13(14,15)16/h2-3,8H,4-7H2,1H3,(H,19,20). The quantitative estimate of drug-likeness (QED) is 0.908. The first-order valence-electron chi connectivity index (χ1n) is 6.35. The number of aromatic nitrogens is 1. The van der Waals surface area contributed by atoms with Crippen molar-refractivity contribution in [1.82, 2.24) is 4.98 Å². The molecule has 0 unspecified atom stereocenters. The van der Waals surface area contributed by atoms with Crippen molar-refractivity contribution in [1.29, 1.82) is 0 Å². The number of hydrogen-bond acceptors (Lipinski definition) is 3. The number of rotatable bonds is 2. The van der Waals surface area contributed by atoms with Crippen molar-refractivity contribution in [2.24, 2.45) is 5.92 Å². The average Bonchev–Trinajstić information content (AvgIpc) is 2.37. The fraction of sp³-hybridized carbons (Fsp3) is 0.538. The highest BCUT2D eigenvalue weighted by Gasteiger charge is 2.34. The first-order valence-corrected chi connectivity index (χ1v) is 6.35. The normalized spacial score (nSPS) is 17.3. The van der Waals surface area contributed by atoms with Crippen molar-refractivity contribution < 1.29 is 23.1 Å². The lowest BCUT2D eigenvalue weighted by Crippen LogP contribution is -2.35. The molecule has 1 aromatic heterocycles. The van der Waals surface area contributed by atoms with Crippen molar-refractivity contribution >= 4 is 11.8 Å². The van der Waals surface area contributed by atoms with Crippen LogP contribution in [0, 0.1) is 5.92 Å². The van der Waals surface area contributed by atoms with Gasteiger partial charge in [0, 0.05) is 13.1 Å². The Balaban J connectivity index is 2.39. The van der Waals surface area contributed by atoms with Crippen molar-refractivity contribution in [3.05, 3.63) is 23.4 Å². The molecule has 0 amide bonds. The lowest BCUT2D eigenvalue weighted by molar-refractivity contribution is -0.141. The highest BCUT2D eigenvalue weighted by molar-refractivity contribution is 5.93. The lowest BCUT2D eigenvalue weighted by atomic mass is 9.99. The zero-order chi connectivity index (χ0) is 14.9. The molecule has 1 aromatic rings. The van der Waals surface area contributed by atoms with Crippen LogP contribution >= 0.6 is 0 Å². The summed E-state index contributed by atoms with van der Waals surface area (Å²) in [7, 11) is 0. The molecule has 0 spiro atoms. The molecule has 2 rings (SSSR count). The highest BCUT2D eigenvalue weighted by atomic mass is 19.4. The molecular formula is C13H15F3N2O2. The molecule has 1 N–H and O–H groups in total. The maximum Gasteiger partial charge on any atom is 0.433 e. The predicted molar refractivity (Wildman–Crippen MR) is 66.8 cm³/mol. The Hall–Kier alpha value is -1.79. The van der Waals surface area contributed by atoms with Crippen LogP contribution in [-0.4, -0.2) is 29.1 Å². The van der Waals surface area contributed by atoms with Gasteiger partial charge in [-0.25, -0.2) is 9.78 Å². The van der Waals surface area contributed by atoms with Gasteiger partial charge in [0.25, 0.3) is 0 Å². The van der Waals surface area contributed by atoms with Gasteiger partial charge in [-0.1, -0.05) is 6.92 Å². The van der Waals surface area contributed by atoms with Gasteiger partial charge in [0.1, 0.15) is 17.1 Å². The van der Waals surface area contributed by atoms with E-state index >= 15 is 0 Å². The smallest absolute Gasteiger partial charge is 0.433 e. The third-order valence-electron chi connectivity index (χ3n) is 3.48. The topological polar surface area (TPSA) is 53.4 Å². The second-order valence-electron chi connectivity index (χ2n) is 5.04. The van der Waals surface area contributed by atoms with Gasteiger partial charge in [-0.3, -0.25) is 0 Å². The second-order valence-corrected chi connectivity index (χ2v) is 5.04. The fourth-order valence-corrected chi connectivity index (χ4v) is 2.23. The molecule has 2 heterocycles. The number of hydrogen-bond donors (Lipinski definition) is 1. The molecule has 0 aliphatic carbocycles. The number of halogens is 3. The van der Waals surface area contributed by atoms with Crippen LogP contribution in [0.3, 0.4) is 0 Å². The summed E-state index contributed by atoms with van der Waals surface area (Å²) in [6.07, 6.45) is -2.94. The van der Waals surface area contributed by atoms with Crippen molar-refractivity contribution in [3.63, 3.8) is 0 Å². The Bertz CT molecular complexity index is 509. The van der Waals surface area contributed by atoms with Crippen LogP contribution in [0.5, 0.6) is 0 Å². The molecule has 20 heavy (non-hydrogen) atoms. The largest absolute Gasteiger partial charge is 0.478 e. The second kappa shape index (κ2) is 5.30. The fourth-order valence-electron chi connectivity index (χ4n) is 2.23. The van der Waals surface area contributed by atoms with Crippen molar-refractivity contribution in [2.75, 3.05) is 18.0 Å². The number of alkyl halides is 3. The third kappa shape index (κ3) is 3.02. The molecule has 1 saturated heterocycles. The molecule has 1 aliphatic heterocycles. The molecule has 0 radical (unpaired) electrons. The summed E-state index contributed by atoms with van der Waals surface area (Å²) in [5.41, 5.74) is -1.25. The van der Waals surface area contributed by atoms with Gasteiger partial charge in [0.15, 0.2) is 0 Å². The predicted octanol–water partition coefficient (Wildman–Crippen LogP) is 3.03. The van der Waals surface area contributed by atoms with E-state index in [4.69, 9.17) is 5.11 Å². The van der Waals surface area contributed by atoms with Crippen LogP contribution in [0.2, 0.25) is 0 Å². The SMILES string of the molecule is CC1CCN(c2nc(C(F)(F)F)ccc2C(=O)O)CC1. The zero-order valence-electron chi connectivity index (χ0n) is 10.9. The highest BCUT2D eigenvalue weighted by Crippen LogP contribution is 2.32. The van der Waals surface area contributed by atoms with E-state index in [0.29, 0.717) is 25.1 Å². The van der Waals surface area contributed by atoms with Crippen LogP contribution in [0.25, 0.3) is 0 Å². The summed E-state index contributed by atoms with van der Waals surface area (Å²) >= 11 is 0. The van der Waals surface area contributed by atoms with E-state index in [2.05, 4.69) is 11.9 Å². The molecule has 110 valence electrons. The van der Waals surface area contributed by atoms with Crippen molar-refractivity contribution in [2.45, 2.75) is 25.9 Å². The van der Waals surface area contributed by atoms with Gasteiger partial charge in [0.05, 0.1) is 0 Å². The number of pyridine rings is 1. The number of carboxylic acids is 1. The van der Waals surface area contributed by atoms with Crippen molar-refractivity contribution in [3.8, 4) is 0 Å². The molecule has 0 bridgehead atoms. The van der Waals surface area contributed by atoms with Gasteiger partial charge < -0.3 is 10.0 Å². The first-order chi connectivity index (χ1) is 9.29. The Labute approximate surface area is 114 Å². The van der Waals surface area contributed by atoms with Gasteiger partial charge >= 0.3 is 12.1 Å². The Morgan fingerprint density at radius 1 is 1.35 bits per heavy atom. The minimum atomic E-state index is -4.57. The van der Waals surface area contributed by atoms with E-state index in [9.17, 15) is 18.0 Å². The van der Waals surface area contributed by atoms with E-state index in [1.807, 2.05) is 0 Å². The van der Waals surface area contributed by atoms with Crippen LogP contribution in [0.4, 0.5) is 19.0 Å². The van der Waals surface area contributed by atoms with Gasteiger partial charge in [0.2, 0.25) is 0 Å². The Morgan fingerprint density at radius 3 is 2.45 bits per heavy atom. The monoisotopic (exact) mass is 288 g/mol. The number of carbonyl (C=O) groups is 1. The minimum absolute atomic E-state index is 0.0841. The molecule has 7 heteroatoms. The van der Waals surface area contributed by atoms with E-state index in [1.54, 1.807) is 4.90 Å². The van der Waals surface area contributed by atoms with E-state index in [-0.39, 0.29) is 11.4 Å². The average molecular weight is 288 g/mol. The molecule has 4 nitrogen and oxygen atoms in total. The summed E-state index contributed by atoms with van der Waals surface area (Å²) in [5, 5.41) is 9.09. The minimum Gasteiger partial charge on any atom is -0.478 e. The van der Waals surface area contributed by atoms with Gasteiger partial charge in [-0.2, -0.15) is 13.2 Å². The summed E-state index contributed by atoms with van der Waals surface area (Å²) < 4.78 is 38.1. The van der Waals surface area contributed by atoms with Crippen LogP contribution < -0.4 is 4.90 Å². The van der Waals surface area contributed by atoms with Crippen LogP contribution in [0.1, 0.15) is 35.8 Å². The number of piperidine rings is 1. The van der Waals surface area contributed by atoms with Crippen LogP contribution in [-0.2, 0) is 6.18 Å². The maximum atomic E-state index is 12.7. The van der Waals surface area contributed by atoms with E-state index < -0.39 is 17.8 Å². The summed E-state index contributed by atoms with van der Waals surface area (Å²) in [6.45, 7) is 3.11. The lowest BCUT2D eigenvalue weighted by Gasteiger charge is -2.32. The zero-order valence-corrected chi connectivity index (χ0v) is 10.9. The molecular weight excluding hydrogens is 273 g/mol. The summed E-state index contributed by atoms with van der Waals surface area (Å²) in [4.78, 5) is 16.3. The molecule has 0 atom stereocenters. The number of nitrogens with zero attached hydrogens (tertiary/aromatic N) is 2. The molecule has 0 aromatic carbocycles. The van der Waals surface area contributed by atoms with Gasteiger partial charge in [-0.05, 0) is 30.9 Å². The molecule has 0 saturated carbocycles. The third-order valence-corrected chi connectivity index (χ3v) is 3.48. The molecule has 1 aliphatic rings. The first kappa shape index (κ1) is 14.6. The summed E-state index contributed by atoms with van der Waals surface area (Å²) in [5.74, 6) is -0.857. The Kier molecular flexibility index (Phi) is 3.87. The van der Waals surface area contributed by atoms with E-state index in [0.717, 1.165) is 18.9 Å². The van der Waals surface area contributed by atoms with E-state index in [1.165, 1.54) is 0 Å². The number of aromatic carboxylic acids is 1. The number of anilines is 1. The van der Waals surface area contributed by atoms with Crippen LogP contribution in [0.15, 0.2) is 12.1 Å². The maximum absolute atomic E-state index is 12.7. The number of carboxylic acid groups (broad SMARTS) is 1. The Morgan fingerprint density at radius 2 is 1.95 bits per heavy atom.